The molecule has 148 valence electrons. The fourth-order valence-corrected chi connectivity index (χ4v) is 3.00. The lowest BCUT2D eigenvalue weighted by atomic mass is 10.2. The predicted molar refractivity (Wildman–Crippen MR) is 111 cm³/mol. The molecule has 0 unspecified atom stereocenters. The van der Waals surface area contributed by atoms with Gasteiger partial charge in [0, 0.05) is 29.4 Å². The van der Waals surface area contributed by atoms with Crippen LogP contribution >= 0.6 is 0 Å². The molecule has 0 bridgehead atoms. The Morgan fingerprint density at radius 1 is 1.14 bits per heavy atom. The van der Waals surface area contributed by atoms with E-state index in [9.17, 15) is 4.79 Å². The van der Waals surface area contributed by atoms with E-state index in [0.717, 1.165) is 52.8 Å². The monoisotopic (exact) mass is 381 g/mol. The van der Waals surface area contributed by atoms with Gasteiger partial charge < -0.3 is 24.8 Å². The highest BCUT2D eigenvalue weighted by Gasteiger charge is 2.09. The van der Waals surface area contributed by atoms with Crippen LogP contribution in [-0.4, -0.2) is 32.6 Å². The number of hydrogen-bond donors (Lipinski definition) is 4. The number of rotatable bonds is 10. The van der Waals surface area contributed by atoms with Crippen LogP contribution in [0.3, 0.4) is 0 Å². The van der Waals surface area contributed by atoms with Gasteiger partial charge in [-0.25, -0.2) is 0 Å². The zero-order valence-electron chi connectivity index (χ0n) is 16.1. The lowest BCUT2D eigenvalue weighted by Gasteiger charge is -2.02. The average molecular weight is 381 g/mol. The van der Waals surface area contributed by atoms with Gasteiger partial charge in [-0.15, -0.1) is 0 Å². The molecule has 6 nitrogen and oxygen atoms in total. The quantitative estimate of drug-likeness (QED) is 0.406. The Labute approximate surface area is 164 Å². The number of carboxylic acid groups (broad SMARTS) is 1. The molecule has 3 aromatic rings. The Morgan fingerprint density at radius 3 is 2.75 bits per heavy atom. The first-order valence-electron chi connectivity index (χ1n) is 9.74. The average Bonchev–Trinajstić information content (AvgIpc) is 3.41. The first kappa shape index (κ1) is 19.6. The Hall–Kier alpha value is -3.15. The van der Waals surface area contributed by atoms with Crippen LogP contribution in [0.25, 0.3) is 23.5 Å². The summed E-state index contributed by atoms with van der Waals surface area (Å²) >= 11 is 0. The molecule has 0 spiro atoms. The van der Waals surface area contributed by atoms with Gasteiger partial charge in [0.1, 0.15) is 5.75 Å². The molecular formula is C22H27N3O3. The van der Waals surface area contributed by atoms with E-state index in [1.54, 1.807) is 0 Å². The highest BCUT2D eigenvalue weighted by Crippen LogP contribution is 2.27. The minimum absolute atomic E-state index is 0.230. The smallest absolute Gasteiger partial charge is 0.303 e. The number of aromatic nitrogens is 3. The maximum absolute atomic E-state index is 10.5. The second kappa shape index (κ2) is 9.69. The molecule has 3 aromatic heterocycles. The number of nitrogens with one attached hydrogen (secondary N) is 3. The minimum atomic E-state index is -0.734. The number of unbranched alkanes of at least 4 members (excludes halogenated alkanes) is 2. The summed E-state index contributed by atoms with van der Waals surface area (Å²) in [5.41, 5.74) is 2.93. The molecule has 0 aliphatic rings. The van der Waals surface area contributed by atoms with E-state index in [1.165, 1.54) is 0 Å². The number of aliphatic carboxylic acids is 1. The van der Waals surface area contributed by atoms with Gasteiger partial charge in [0.15, 0.2) is 0 Å². The fourth-order valence-electron chi connectivity index (χ4n) is 3.00. The first-order chi connectivity index (χ1) is 13.7. The molecule has 4 N–H and O–H groups in total. The molecule has 0 atom stereocenters. The van der Waals surface area contributed by atoms with Crippen molar-refractivity contribution in [1.82, 2.24) is 15.0 Å². The van der Waals surface area contributed by atoms with Gasteiger partial charge >= 0.3 is 5.97 Å². The van der Waals surface area contributed by atoms with Gasteiger partial charge in [-0.1, -0.05) is 13.0 Å². The third-order valence-corrected chi connectivity index (χ3v) is 4.40. The van der Waals surface area contributed by atoms with Gasteiger partial charge in [0.2, 0.25) is 0 Å². The summed E-state index contributed by atoms with van der Waals surface area (Å²) in [6, 6.07) is 10.1. The molecule has 0 saturated heterocycles. The lowest BCUT2D eigenvalue weighted by Crippen LogP contribution is -2.09. The van der Waals surface area contributed by atoms with Gasteiger partial charge in [0.25, 0.3) is 0 Å². The molecule has 3 heterocycles. The standard InChI is InChI=1S/C22H27N3O3/c1-2-13-28-21-15-19(18-8-6-12-23-18)25-20(21)14-17-11-10-16(24-17)7-4-3-5-9-22(26)27/h6-8,10-12,14-15,23-25H,2-5,9,13H2,1H3,(H,26,27). The van der Waals surface area contributed by atoms with E-state index in [-0.39, 0.29) is 6.42 Å². The third-order valence-electron chi connectivity index (χ3n) is 4.40. The van der Waals surface area contributed by atoms with Crippen LogP contribution in [0.15, 0.2) is 36.5 Å². The van der Waals surface area contributed by atoms with Crippen LogP contribution < -0.4 is 15.4 Å². The van der Waals surface area contributed by atoms with Gasteiger partial charge in [-0.3, -0.25) is 4.79 Å². The van der Waals surface area contributed by atoms with Crippen molar-refractivity contribution in [3.05, 3.63) is 52.9 Å². The summed E-state index contributed by atoms with van der Waals surface area (Å²) in [7, 11) is 0. The van der Waals surface area contributed by atoms with Crippen molar-refractivity contribution >= 4 is 18.1 Å². The molecule has 0 fully saturated rings. The molecule has 0 saturated carbocycles. The van der Waals surface area contributed by atoms with Crippen LogP contribution in [0.2, 0.25) is 0 Å². The lowest BCUT2D eigenvalue weighted by molar-refractivity contribution is -0.137. The molecule has 0 amide bonds. The van der Waals surface area contributed by atoms with Crippen molar-refractivity contribution in [1.29, 1.82) is 0 Å². The van der Waals surface area contributed by atoms with Crippen molar-refractivity contribution in [2.45, 2.75) is 39.0 Å². The maximum Gasteiger partial charge on any atom is 0.303 e. The summed E-state index contributed by atoms with van der Waals surface area (Å²) in [5, 5.41) is 10.7. The van der Waals surface area contributed by atoms with Crippen LogP contribution in [0, 0.1) is 0 Å². The van der Waals surface area contributed by atoms with E-state index >= 15 is 0 Å². The first-order valence-corrected chi connectivity index (χ1v) is 9.74. The third kappa shape index (κ3) is 5.42. The van der Waals surface area contributed by atoms with Crippen molar-refractivity contribution in [3.8, 4) is 17.1 Å². The zero-order chi connectivity index (χ0) is 19.8. The van der Waals surface area contributed by atoms with Crippen LogP contribution in [0.1, 0.15) is 44.7 Å². The molecule has 6 heteroatoms. The van der Waals surface area contributed by atoms with Crippen LogP contribution in [0.4, 0.5) is 0 Å². The summed E-state index contributed by atoms with van der Waals surface area (Å²) in [6.45, 7) is 2.76. The number of aromatic amines is 3. The highest BCUT2D eigenvalue weighted by molar-refractivity contribution is 5.66. The molecule has 28 heavy (non-hydrogen) atoms. The summed E-state index contributed by atoms with van der Waals surface area (Å²) < 4.78 is 5.91. The number of ether oxygens (including phenoxy) is 1. The SMILES string of the molecule is CCCOc1cc(-c2ccc[nH]2)[nH]c1C=c1ccc(=CCCCCC(=O)O)[nH]1. The molecular weight excluding hydrogens is 354 g/mol. The second-order valence-electron chi connectivity index (χ2n) is 6.75. The summed E-state index contributed by atoms with van der Waals surface area (Å²) in [4.78, 5) is 20.6. The van der Waals surface area contributed by atoms with Gasteiger partial charge in [-0.05, 0) is 56.0 Å². The largest absolute Gasteiger partial charge is 0.491 e. The predicted octanol–water partition coefficient (Wildman–Crippen LogP) is 3.38. The Kier molecular flexibility index (Phi) is 6.78. The Balaban J connectivity index is 1.77. The summed E-state index contributed by atoms with van der Waals surface area (Å²) in [5.74, 6) is 0.0998. The van der Waals surface area contributed by atoms with Crippen molar-refractivity contribution in [2.24, 2.45) is 0 Å². The van der Waals surface area contributed by atoms with E-state index in [0.29, 0.717) is 13.0 Å². The van der Waals surface area contributed by atoms with Crippen molar-refractivity contribution < 1.29 is 14.6 Å². The summed E-state index contributed by atoms with van der Waals surface area (Å²) in [6.07, 6.45) is 9.66. The molecule has 0 aliphatic carbocycles. The zero-order valence-corrected chi connectivity index (χ0v) is 16.1. The number of hydrogen-bond acceptors (Lipinski definition) is 2. The molecule has 0 radical (unpaired) electrons. The normalized spacial score (nSPS) is 12.6. The van der Waals surface area contributed by atoms with Gasteiger partial charge in [0.05, 0.1) is 23.7 Å². The number of carboxylic acids is 1. The van der Waals surface area contributed by atoms with E-state index in [4.69, 9.17) is 9.84 Å². The van der Waals surface area contributed by atoms with E-state index in [1.807, 2.05) is 42.6 Å². The topological polar surface area (TPSA) is 93.9 Å². The van der Waals surface area contributed by atoms with E-state index in [2.05, 4.69) is 28.0 Å². The Morgan fingerprint density at radius 2 is 2.00 bits per heavy atom. The maximum atomic E-state index is 10.5. The molecule has 0 aliphatic heterocycles. The van der Waals surface area contributed by atoms with Crippen LogP contribution in [0.5, 0.6) is 5.75 Å². The highest BCUT2D eigenvalue weighted by atomic mass is 16.5. The fraction of sp³-hybridized carbons (Fsp3) is 0.318. The Bertz CT molecular complexity index is 996. The molecule has 0 aromatic carbocycles. The second-order valence-corrected chi connectivity index (χ2v) is 6.75. The van der Waals surface area contributed by atoms with E-state index < -0.39 is 5.97 Å². The van der Waals surface area contributed by atoms with Crippen LogP contribution in [-0.2, 0) is 4.79 Å². The van der Waals surface area contributed by atoms with Crippen molar-refractivity contribution in [2.75, 3.05) is 6.61 Å². The number of carbonyl (C=O) groups is 1. The number of H-pyrrole nitrogens is 3. The van der Waals surface area contributed by atoms with Gasteiger partial charge in [-0.2, -0.15) is 0 Å². The molecule has 3 rings (SSSR count). The minimum Gasteiger partial charge on any atom is -0.491 e. The van der Waals surface area contributed by atoms with Crippen molar-refractivity contribution in [3.63, 3.8) is 0 Å².